The molecule has 1 unspecified atom stereocenters. The Kier molecular flexibility index (Phi) is 5.80. The molecule has 1 aromatic rings. The fraction of sp³-hybridized carbons (Fsp3) is 0.400. The summed E-state index contributed by atoms with van der Waals surface area (Å²) in [7, 11) is 0. The molecule has 0 amide bonds. The van der Waals surface area contributed by atoms with E-state index in [2.05, 4.69) is 4.90 Å². The Labute approximate surface area is 102 Å². The van der Waals surface area contributed by atoms with Gasteiger partial charge in [0.2, 0.25) is 0 Å². The zero-order chi connectivity index (χ0) is 9.26. The molecule has 1 heterocycles. The minimum Gasteiger partial charge on any atom is -0.399 e. The molecule has 2 rings (SSSR count). The van der Waals surface area contributed by atoms with Crippen molar-refractivity contribution in [3.05, 3.63) is 24.3 Å². The van der Waals surface area contributed by atoms with Crippen molar-refractivity contribution in [3.63, 3.8) is 0 Å². The highest BCUT2D eigenvalue weighted by molar-refractivity contribution is 5.85. The third-order valence-electron chi connectivity index (χ3n) is 2.42. The maximum absolute atomic E-state index is 9.35. The number of aliphatic hydroxyl groups excluding tert-OH is 1. The van der Waals surface area contributed by atoms with Gasteiger partial charge in [-0.1, -0.05) is 0 Å². The maximum Gasteiger partial charge on any atom is 0.0731 e. The summed E-state index contributed by atoms with van der Waals surface area (Å²) in [5.74, 6) is 0. The van der Waals surface area contributed by atoms with Crippen molar-refractivity contribution in [2.75, 3.05) is 23.7 Å². The van der Waals surface area contributed by atoms with E-state index in [4.69, 9.17) is 5.73 Å². The first-order chi connectivity index (χ1) is 6.25. The number of nitrogens with two attached hydrogens (primary N) is 1. The van der Waals surface area contributed by atoms with Crippen molar-refractivity contribution in [3.8, 4) is 0 Å². The smallest absolute Gasteiger partial charge is 0.0731 e. The van der Waals surface area contributed by atoms with Crippen LogP contribution in [-0.4, -0.2) is 24.3 Å². The SMILES string of the molecule is Cl.Cl.Nc1ccc(N2CCC(O)C2)cc1. The summed E-state index contributed by atoms with van der Waals surface area (Å²) in [4.78, 5) is 2.17. The summed E-state index contributed by atoms with van der Waals surface area (Å²) < 4.78 is 0. The van der Waals surface area contributed by atoms with Crippen LogP contribution in [0.4, 0.5) is 11.4 Å². The Hall–Kier alpha value is -0.640. The van der Waals surface area contributed by atoms with Gasteiger partial charge in [0.15, 0.2) is 0 Å². The van der Waals surface area contributed by atoms with Crippen molar-refractivity contribution in [1.82, 2.24) is 0 Å². The van der Waals surface area contributed by atoms with Crippen LogP contribution in [0.3, 0.4) is 0 Å². The average Bonchev–Trinajstić information content (AvgIpc) is 2.53. The molecule has 0 saturated carbocycles. The number of nitrogens with zero attached hydrogens (tertiary/aromatic N) is 1. The molecule has 3 N–H and O–H groups in total. The standard InChI is InChI=1S/C10H14N2O.2ClH/c11-8-1-3-9(4-2-8)12-6-5-10(13)7-12;;/h1-4,10,13H,5-7,11H2;2*1H. The Morgan fingerprint density at radius 2 is 1.80 bits per heavy atom. The van der Waals surface area contributed by atoms with Crippen LogP contribution in [0.15, 0.2) is 24.3 Å². The lowest BCUT2D eigenvalue weighted by Gasteiger charge is -2.17. The lowest BCUT2D eigenvalue weighted by molar-refractivity contribution is 0.198. The molecule has 3 nitrogen and oxygen atoms in total. The first kappa shape index (κ1) is 14.4. The molecule has 1 fully saturated rings. The van der Waals surface area contributed by atoms with Crippen LogP contribution < -0.4 is 10.6 Å². The van der Waals surface area contributed by atoms with Crippen LogP contribution in [0.25, 0.3) is 0 Å². The predicted molar refractivity (Wildman–Crippen MR) is 68.2 cm³/mol. The molecule has 0 radical (unpaired) electrons. The molecular formula is C10H16Cl2N2O. The zero-order valence-electron chi connectivity index (χ0n) is 8.30. The fourth-order valence-corrected chi connectivity index (χ4v) is 1.66. The zero-order valence-corrected chi connectivity index (χ0v) is 9.93. The van der Waals surface area contributed by atoms with E-state index in [0.717, 1.165) is 30.9 Å². The summed E-state index contributed by atoms with van der Waals surface area (Å²) in [6, 6.07) is 7.76. The number of nitrogen functional groups attached to an aromatic ring is 1. The van der Waals surface area contributed by atoms with Gasteiger partial charge in [-0.25, -0.2) is 0 Å². The van der Waals surface area contributed by atoms with Crippen LogP contribution in [0.1, 0.15) is 6.42 Å². The number of hydrogen-bond acceptors (Lipinski definition) is 3. The molecule has 1 atom stereocenters. The van der Waals surface area contributed by atoms with E-state index < -0.39 is 0 Å². The number of hydrogen-bond donors (Lipinski definition) is 2. The van der Waals surface area contributed by atoms with Gasteiger partial charge >= 0.3 is 0 Å². The summed E-state index contributed by atoms with van der Waals surface area (Å²) in [5, 5.41) is 9.35. The van der Waals surface area contributed by atoms with E-state index in [1.165, 1.54) is 0 Å². The summed E-state index contributed by atoms with van der Waals surface area (Å²) in [6.45, 7) is 1.68. The first-order valence-corrected chi connectivity index (χ1v) is 4.54. The highest BCUT2D eigenvalue weighted by atomic mass is 35.5. The van der Waals surface area contributed by atoms with Gasteiger partial charge in [-0.15, -0.1) is 24.8 Å². The second kappa shape index (κ2) is 6.05. The van der Waals surface area contributed by atoms with Crippen LogP contribution in [0, 0.1) is 0 Å². The van der Waals surface area contributed by atoms with Gasteiger partial charge in [-0.05, 0) is 30.7 Å². The predicted octanol–water partition coefficient (Wildman–Crippen LogP) is 1.68. The molecule has 5 heteroatoms. The van der Waals surface area contributed by atoms with Gasteiger partial charge in [0.25, 0.3) is 0 Å². The largest absolute Gasteiger partial charge is 0.399 e. The normalized spacial score (nSPS) is 19.3. The molecule has 1 aliphatic heterocycles. The summed E-state index contributed by atoms with van der Waals surface area (Å²) in [5.41, 5.74) is 7.51. The first-order valence-electron chi connectivity index (χ1n) is 4.54. The molecule has 0 spiro atoms. The Morgan fingerprint density at radius 3 is 2.27 bits per heavy atom. The molecule has 1 saturated heterocycles. The number of aliphatic hydroxyl groups is 1. The topological polar surface area (TPSA) is 49.5 Å². The van der Waals surface area contributed by atoms with Crippen LogP contribution in [0.2, 0.25) is 0 Å². The van der Waals surface area contributed by atoms with Gasteiger partial charge in [0.05, 0.1) is 6.10 Å². The molecule has 1 aromatic carbocycles. The van der Waals surface area contributed by atoms with E-state index in [9.17, 15) is 5.11 Å². The third kappa shape index (κ3) is 3.45. The van der Waals surface area contributed by atoms with Gasteiger partial charge in [-0.3, -0.25) is 0 Å². The highest BCUT2D eigenvalue weighted by Crippen LogP contribution is 2.21. The molecule has 1 aliphatic rings. The van der Waals surface area contributed by atoms with Crippen LogP contribution >= 0.6 is 24.8 Å². The van der Waals surface area contributed by atoms with Crippen molar-refractivity contribution in [2.24, 2.45) is 0 Å². The average molecular weight is 251 g/mol. The summed E-state index contributed by atoms with van der Waals surface area (Å²) in [6.07, 6.45) is 0.697. The van der Waals surface area contributed by atoms with E-state index >= 15 is 0 Å². The van der Waals surface area contributed by atoms with Gasteiger partial charge in [0.1, 0.15) is 0 Å². The molecule has 0 aliphatic carbocycles. The lowest BCUT2D eigenvalue weighted by atomic mass is 10.2. The summed E-state index contributed by atoms with van der Waals surface area (Å²) >= 11 is 0. The number of anilines is 2. The molecule has 0 aromatic heterocycles. The monoisotopic (exact) mass is 250 g/mol. The minimum absolute atomic E-state index is 0. The molecular weight excluding hydrogens is 235 g/mol. The molecule has 15 heavy (non-hydrogen) atoms. The molecule has 0 bridgehead atoms. The van der Waals surface area contributed by atoms with Gasteiger partial charge in [-0.2, -0.15) is 0 Å². The van der Waals surface area contributed by atoms with E-state index in [1.54, 1.807) is 0 Å². The van der Waals surface area contributed by atoms with Crippen molar-refractivity contribution in [2.45, 2.75) is 12.5 Å². The lowest BCUT2D eigenvalue weighted by Crippen LogP contribution is -2.20. The van der Waals surface area contributed by atoms with E-state index in [0.29, 0.717) is 0 Å². The maximum atomic E-state index is 9.35. The Bertz CT molecular complexity index is 292. The van der Waals surface area contributed by atoms with Crippen molar-refractivity contribution in [1.29, 1.82) is 0 Å². The quantitative estimate of drug-likeness (QED) is 0.746. The minimum atomic E-state index is -0.169. The molecule has 86 valence electrons. The Balaban J connectivity index is 0.000000980. The Morgan fingerprint density at radius 1 is 1.20 bits per heavy atom. The second-order valence-corrected chi connectivity index (χ2v) is 3.48. The number of halogens is 2. The van der Waals surface area contributed by atoms with E-state index in [1.807, 2.05) is 24.3 Å². The fourth-order valence-electron chi connectivity index (χ4n) is 1.66. The third-order valence-corrected chi connectivity index (χ3v) is 2.42. The van der Waals surface area contributed by atoms with Gasteiger partial charge < -0.3 is 15.7 Å². The van der Waals surface area contributed by atoms with Gasteiger partial charge in [0, 0.05) is 24.5 Å². The van der Waals surface area contributed by atoms with Crippen molar-refractivity contribution >= 4 is 36.2 Å². The van der Waals surface area contributed by atoms with Crippen LogP contribution in [-0.2, 0) is 0 Å². The van der Waals surface area contributed by atoms with E-state index in [-0.39, 0.29) is 30.9 Å². The second-order valence-electron chi connectivity index (χ2n) is 3.48. The van der Waals surface area contributed by atoms with Crippen LogP contribution in [0.5, 0.6) is 0 Å². The van der Waals surface area contributed by atoms with Crippen molar-refractivity contribution < 1.29 is 5.11 Å². The highest BCUT2D eigenvalue weighted by Gasteiger charge is 2.19. The number of rotatable bonds is 1. The number of β-amino-alcohol motifs (C(OH)–C–C–N with tert-alkyl or cyclic N) is 1. The number of benzene rings is 1.